The third-order valence-corrected chi connectivity index (χ3v) is 11.2. The van der Waals surface area contributed by atoms with Gasteiger partial charge in [0, 0.05) is 102 Å². The van der Waals surface area contributed by atoms with E-state index in [4.69, 9.17) is 14.6 Å². The number of benzene rings is 2. The summed E-state index contributed by atoms with van der Waals surface area (Å²) >= 11 is 0. The number of rotatable bonds is 7. The molecule has 2 aromatic carbocycles. The van der Waals surface area contributed by atoms with Crippen molar-refractivity contribution in [2.24, 2.45) is 0 Å². The minimum absolute atomic E-state index is 0.0445. The van der Waals surface area contributed by atoms with Crippen LogP contribution in [-0.4, -0.2) is 167 Å². The van der Waals surface area contributed by atoms with Crippen molar-refractivity contribution in [3.05, 3.63) is 58.7 Å². The molecule has 0 unspecified atom stereocenters. The van der Waals surface area contributed by atoms with Crippen LogP contribution >= 0.6 is 0 Å². The van der Waals surface area contributed by atoms with Crippen LogP contribution in [0.3, 0.4) is 0 Å². The first-order chi connectivity index (χ1) is 32.2. The Morgan fingerprint density at radius 2 is 1.03 bits per heavy atom. The largest absolute Gasteiger partial charge is 0.434 e. The van der Waals surface area contributed by atoms with E-state index in [0.29, 0.717) is 87.0 Å². The van der Waals surface area contributed by atoms with Crippen molar-refractivity contribution in [1.29, 1.82) is 0 Å². The summed E-state index contributed by atoms with van der Waals surface area (Å²) in [5.41, 5.74) is -0.0374. The Morgan fingerprint density at radius 1 is 0.614 bits per heavy atom. The minimum atomic E-state index is -5.85. The molecule has 0 saturated carbocycles. The van der Waals surface area contributed by atoms with Crippen molar-refractivity contribution < 1.29 is 103 Å². The highest BCUT2D eigenvalue weighted by atomic mass is 19.4. The van der Waals surface area contributed by atoms with Gasteiger partial charge < -0.3 is 39.3 Å². The van der Waals surface area contributed by atoms with E-state index in [1.807, 2.05) is 11.0 Å². The summed E-state index contributed by atoms with van der Waals surface area (Å²) in [6, 6.07) is 8.09. The molecule has 6 rings (SSSR count). The third-order valence-electron chi connectivity index (χ3n) is 11.2. The first-order valence-corrected chi connectivity index (χ1v) is 21.3. The Labute approximate surface area is 389 Å². The molecule has 1 amide bonds. The quantitative estimate of drug-likeness (QED) is 0.263. The number of aliphatic hydroxyl groups excluding tert-OH is 1. The lowest BCUT2D eigenvalue weighted by Gasteiger charge is -2.40. The molecule has 0 bridgehead atoms. The molecule has 2 aromatic rings. The number of halogens is 18. The van der Waals surface area contributed by atoms with Gasteiger partial charge in [0.05, 0.1) is 37.6 Å². The zero-order chi connectivity index (χ0) is 52.6. The number of carbonyl (C=O) groups is 1. The van der Waals surface area contributed by atoms with E-state index in [2.05, 4.69) is 21.9 Å². The summed E-state index contributed by atoms with van der Waals surface area (Å²) < 4.78 is 238. The highest BCUT2D eigenvalue weighted by molar-refractivity contribution is 5.68. The van der Waals surface area contributed by atoms with Crippen molar-refractivity contribution in [3.63, 3.8) is 0 Å². The molecule has 400 valence electrons. The molecule has 4 aliphatic rings. The van der Waals surface area contributed by atoms with Crippen LogP contribution in [0.1, 0.15) is 36.1 Å². The first kappa shape index (κ1) is 58.4. The normalized spacial score (nSPS) is 20.8. The van der Waals surface area contributed by atoms with Gasteiger partial charge in [-0.25, -0.2) is 4.79 Å². The molecule has 4 fully saturated rings. The highest BCUT2D eigenvalue weighted by Crippen LogP contribution is 2.39. The summed E-state index contributed by atoms with van der Waals surface area (Å²) in [6.45, 7) is 9.47. The van der Waals surface area contributed by atoms with E-state index in [0.717, 1.165) is 25.7 Å². The van der Waals surface area contributed by atoms with Crippen LogP contribution in [0.15, 0.2) is 36.4 Å². The Balaban J connectivity index is 0.000000268. The number of anilines is 2. The van der Waals surface area contributed by atoms with Crippen molar-refractivity contribution in [1.82, 2.24) is 20.0 Å². The molecule has 0 aliphatic carbocycles. The number of nitrogens with zero attached hydrogens (tertiary/aromatic N) is 5. The van der Waals surface area contributed by atoms with E-state index in [-0.39, 0.29) is 31.7 Å². The first-order valence-electron chi connectivity index (χ1n) is 21.3. The smallest absolute Gasteiger partial charge is 0.426 e. The van der Waals surface area contributed by atoms with Gasteiger partial charge in [-0.05, 0) is 49.2 Å². The average molecular weight is 1050 g/mol. The fourth-order valence-electron chi connectivity index (χ4n) is 7.73. The van der Waals surface area contributed by atoms with Crippen LogP contribution in [0.2, 0.25) is 0 Å². The van der Waals surface area contributed by atoms with Crippen LogP contribution in [0.4, 0.5) is 95.2 Å². The number of hydrogen-bond donors (Lipinski definition) is 2. The molecular weight excluding hydrogens is 998 g/mol. The lowest BCUT2D eigenvalue weighted by molar-refractivity contribution is -0.309. The molecule has 2 atom stereocenters. The van der Waals surface area contributed by atoms with Gasteiger partial charge in [-0.2, -0.15) is 79.0 Å². The standard InChI is InChI=1S/C21H24F9N3O3.C17H24F3N3O.C3H2F6O/c1-13-11-31(4-5-33(13)18(34)36-17(20(25,26)27)21(28,29)30)12-14-2-3-15(10-16(14)19(22,23)24)32-6-8-35-9-7-32;1-13-11-22(5-4-21-13)12-14-2-3-15(10-16(14)17(18,19)20)23-6-8-24-9-7-23;4-2(5,6)1(10)3(7,8)9/h2-3,10,13,17H,4-9,11-12H2,1H3;2-3,10,13,21H,4-9,11-12H2,1H3;1,10H/t2*13-;/m11./s1. The number of piperazine rings is 2. The predicted molar refractivity (Wildman–Crippen MR) is 214 cm³/mol. The molecule has 0 spiro atoms. The van der Waals surface area contributed by atoms with Crippen LogP contribution < -0.4 is 15.1 Å². The summed E-state index contributed by atoms with van der Waals surface area (Å²) in [4.78, 5) is 20.1. The van der Waals surface area contributed by atoms with Crippen LogP contribution in [-0.2, 0) is 39.7 Å². The zero-order valence-corrected chi connectivity index (χ0v) is 37.2. The van der Waals surface area contributed by atoms with E-state index < -0.39 is 72.5 Å². The number of hydrogen-bond acceptors (Lipinski definition) is 10. The molecule has 4 aliphatic heterocycles. The zero-order valence-electron chi connectivity index (χ0n) is 37.2. The molecule has 4 heterocycles. The summed E-state index contributed by atoms with van der Waals surface area (Å²) in [6.07, 6.45) is -42.2. The molecule has 70 heavy (non-hydrogen) atoms. The van der Waals surface area contributed by atoms with Crippen molar-refractivity contribution in [2.75, 3.05) is 102 Å². The molecule has 0 aromatic heterocycles. The summed E-state index contributed by atoms with van der Waals surface area (Å²) in [7, 11) is 0. The minimum Gasteiger partial charge on any atom is -0.426 e. The number of carbonyl (C=O) groups excluding carboxylic acids is 1. The predicted octanol–water partition coefficient (Wildman–Crippen LogP) is 8.49. The van der Waals surface area contributed by atoms with E-state index >= 15 is 0 Å². The van der Waals surface area contributed by atoms with Crippen LogP contribution in [0.5, 0.6) is 0 Å². The maximum absolute atomic E-state index is 13.8. The fourth-order valence-corrected chi connectivity index (χ4v) is 7.73. The maximum Gasteiger partial charge on any atom is 0.434 e. The molecule has 0 radical (unpaired) electrons. The SMILES string of the molecule is C[C@@H]1CN(Cc2ccc(N3CCOCC3)cc2C(F)(F)F)CCN1.C[C@@H]1CN(Cc2ccc(N3CCOCC3)cc2C(F)(F)F)CCN1C(=O)OC(C(F)(F)F)C(F)(F)F.OC(C(F)(F)F)C(F)(F)F. The number of nitrogens with one attached hydrogen (secondary N) is 1. The number of amides is 1. The summed E-state index contributed by atoms with van der Waals surface area (Å²) in [5.74, 6) is 0. The second kappa shape index (κ2) is 23.6. The average Bonchev–Trinajstić information content (AvgIpc) is 3.24. The summed E-state index contributed by atoms with van der Waals surface area (Å²) in [5, 5.41) is 10.8. The molecule has 11 nitrogen and oxygen atoms in total. The second-order valence-electron chi connectivity index (χ2n) is 16.6. The van der Waals surface area contributed by atoms with Gasteiger partial charge in [-0.1, -0.05) is 12.1 Å². The molecule has 2 N–H and O–H groups in total. The van der Waals surface area contributed by atoms with Gasteiger partial charge in [-0.3, -0.25) is 9.80 Å². The van der Waals surface area contributed by atoms with Gasteiger partial charge in [0.1, 0.15) is 0 Å². The maximum atomic E-state index is 13.8. The van der Waals surface area contributed by atoms with Gasteiger partial charge in [0.2, 0.25) is 6.10 Å². The number of ether oxygens (including phenoxy) is 3. The third kappa shape index (κ3) is 17.2. The van der Waals surface area contributed by atoms with E-state index in [9.17, 15) is 83.8 Å². The molecule has 4 saturated heterocycles. The number of morpholine rings is 2. The van der Waals surface area contributed by atoms with Crippen LogP contribution in [0.25, 0.3) is 0 Å². The topological polar surface area (TPSA) is 93.2 Å². The van der Waals surface area contributed by atoms with E-state index in [1.54, 1.807) is 21.9 Å². The Hall–Kier alpha value is -4.19. The number of alkyl halides is 18. The highest BCUT2D eigenvalue weighted by Gasteiger charge is 2.60. The Kier molecular flexibility index (Phi) is 19.7. The Bertz CT molecular complexity index is 1940. The lowest BCUT2D eigenvalue weighted by Crippen LogP contribution is -2.56. The van der Waals surface area contributed by atoms with Gasteiger partial charge in [0.15, 0.2) is 0 Å². The number of aliphatic hydroxyl groups is 1. The van der Waals surface area contributed by atoms with Crippen molar-refractivity contribution in [2.45, 2.75) is 88.3 Å². The molecule has 29 heteroatoms. The lowest BCUT2D eigenvalue weighted by atomic mass is 10.0. The van der Waals surface area contributed by atoms with Crippen molar-refractivity contribution >= 4 is 17.5 Å². The Morgan fingerprint density at radius 3 is 1.37 bits per heavy atom. The molecular formula is C41H50F18N6O5. The van der Waals surface area contributed by atoms with Crippen LogP contribution in [0, 0.1) is 0 Å². The van der Waals surface area contributed by atoms with Gasteiger partial charge in [-0.15, -0.1) is 0 Å². The van der Waals surface area contributed by atoms with Gasteiger partial charge in [0.25, 0.3) is 6.10 Å². The van der Waals surface area contributed by atoms with E-state index in [1.165, 1.54) is 19.1 Å². The van der Waals surface area contributed by atoms with Gasteiger partial charge >= 0.3 is 43.2 Å². The monoisotopic (exact) mass is 1050 g/mol. The fraction of sp³-hybridized carbons (Fsp3) is 0.683. The van der Waals surface area contributed by atoms with Crippen molar-refractivity contribution in [3.8, 4) is 0 Å². The second-order valence-corrected chi connectivity index (χ2v) is 16.6.